The van der Waals surface area contributed by atoms with Gasteiger partial charge in [0.1, 0.15) is 6.54 Å². The molecular weight excluding hydrogens is 320 g/mol. The molecule has 3 aromatic rings. The molecule has 4 rings (SSSR count). The Labute approximate surface area is 142 Å². The number of fused-ring (bicyclic) bond motifs is 2. The van der Waals surface area contributed by atoms with Gasteiger partial charge in [0.2, 0.25) is 5.91 Å². The third-order valence-corrected chi connectivity index (χ3v) is 4.19. The van der Waals surface area contributed by atoms with Gasteiger partial charge < -0.3 is 9.88 Å². The number of rotatable bonds is 3. The first-order chi connectivity index (χ1) is 12.0. The molecule has 1 N–H and O–H groups in total. The molecule has 0 saturated carbocycles. The molecule has 124 valence electrons. The summed E-state index contributed by atoms with van der Waals surface area (Å²) in [6, 6.07) is 11.9. The molecule has 3 amide bonds. The number of hydrogen-bond donors (Lipinski definition) is 1. The van der Waals surface area contributed by atoms with Crippen molar-refractivity contribution in [3.8, 4) is 0 Å². The molecule has 0 radical (unpaired) electrons. The van der Waals surface area contributed by atoms with Crippen molar-refractivity contribution in [3.63, 3.8) is 0 Å². The Kier molecular flexibility index (Phi) is 3.35. The van der Waals surface area contributed by atoms with Gasteiger partial charge in [0.25, 0.3) is 11.8 Å². The minimum absolute atomic E-state index is 0.327. The molecule has 1 aliphatic rings. The fourth-order valence-corrected chi connectivity index (χ4v) is 2.94. The van der Waals surface area contributed by atoms with E-state index in [-0.39, 0.29) is 6.54 Å². The second kappa shape index (κ2) is 5.55. The van der Waals surface area contributed by atoms with E-state index in [0.717, 1.165) is 15.9 Å². The highest BCUT2D eigenvalue weighted by Gasteiger charge is 2.36. The number of imide groups is 1. The highest BCUT2D eigenvalue weighted by Crippen LogP contribution is 2.22. The molecule has 0 spiro atoms. The van der Waals surface area contributed by atoms with E-state index in [1.54, 1.807) is 42.7 Å². The average Bonchev–Trinajstić information content (AvgIpc) is 3.09. The molecule has 0 bridgehead atoms. The molecule has 1 aliphatic heterocycles. The molecule has 0 unspecified atom stereocenters. The minimum atomic E-state index is -0.448. The molecule has 2 heterocycles. The van der Waals surface area contributed by atoms with Crippen molar-refractivity contribution in [2.75, 3.05) is 11.9 Å². The Hall–Kier alpha value is -3.48. The molecule has 0 saturated heterocycles. The van der Waals surface area contributed by atoms with E-state index >= 15 is 0 Å². The summed E-state index contributed by atoms with van der Waals surface area (Å²) in [5.41, 5.74) is 2.91. The van der Waals surface area contributed by atoms with Crippen LogP contribution in [0.4, 0.5) is 5.69 Å². The summed E-state index contributed by atoms with van der Waals surface area (Å²) < 4.78 is 1.87. The molecule has 25 heavy (non-hydrogen) atoms. The van der Waals surface area contributed by atoms with Crippen LogP contribution in [0.1, 0.15) is 20.7 Å². The predicted octanol–water partition coefficient (Wildman–Crippen LogP) is 1.81. The lowest BCUT2D eigenvalue weighted by atomic mass is 10.1. The number of anilines is 1. The Balaban J connectivity index is 1.50. The lowest BCUT2D eigenvalue weighted by molar-refractivity contribution is -0.116. The van der Waals surface area contributed by atoms with E-state index in [0.29, 0.717) is 16.8 Å². The SMILES string of the molecule is Cn1cnc2cc(NC(=O)CN3C(=O)c4ccccc4C3=O)ccc21. The zero-order valence-electron chi connectivity index (χ0n) is 13.4. The van der Waals surface area contributed by atoms with Crippen molar-refractivity contribution < 1.29 is 14.4 Å². The van der Waals surface area contributed by atoms with Crippen molar-refractivity contribution in [1.82, 2.24) is 14.5 Å². The predicted molar refractivity (Wildman–Crippen MR) is 91.2 cm³/mol. The molecule has 0 atom stereocenters. The van der Waals surface area contributed by atoms with Gasteiger partial charge in [0, 0.05) is 12.7 Å². The van der Waals surface area contributed by atoms with Crippen LogP contribution in [-0.4, -0.2) is 38.7 Å². The van der Waals surface area contributed by atoms with Crippen LogP contribution in [0.25, 0.3) is 11.0 Å². The number of nitrogens with one attached hydrogen (secondary N) is 1. The third-order valence-electron chi connectivity index (χ3n) is 4.19. The maximum Gasteiger partial charge on any atom is 0.262 e. The van der Waals surface area contributed by atoms with Crippen molar-refractivity contribution in [3.05, 3.63) is 59.9 Å². The summed E-state index contributed by atoms with van der Waals surface area (Å²) in [6.07, 6.45) is 1.69. The second-order valence-corrected chi connectivity index (χ2v) is 5.85. The molecule has 7 nitrogen and oxygen atoms in total. The summed E-state index contributed by atoms with van der Waals surface area (Å²) in [4.78, 5) is 42.0. The molecule has 2 aromatic carbocycles. The number of imidazole rings is 1. The number of nitrogens with zero attached hydrogens (tertiary/aromatic N) is 3. The number of carbonyl (C=O) groups excluding carboxylic acids is 3. The molecule has 0 aliphatic carbocycles. The average molecular weight is 334 g/mol. The number of benzene rings is 2. The van der Waals surface area contributed by atoms with E-state index in [4.69, 9.17) is 0 Å². The van der Waals surface area contributed by atoms with E-state index in [9.17, 15) is 14.4 Å². The van der Waals surface area contributed by atoms with Crippen molar-refractivity contribution in [2.45, 2.75) is 0 Å². The quantitative estimate of drug-likeness (QED) is 0.740. The Morgan fingerprint density at radius 1 is 1.08 bits per heavy atom. The highest BCUT2D eigenvalue weighted by molar-refractivity contribution is 6.22. The minimum Gasteiger partial charge on any atom is -0.334 e. The van der Waals surface area contributed by atoms with Crippen LogP contribution in [0.5, 0.6) is 0 Å². The van der Waals surface area contributed by atoms with Crippen molar-refractivity contribution >= 4 is 34.4 Å². The smallest absolute Gasteiger partial charge is 0.262 e. The lowest BCUT2D eigenvalue weighted by Crippen LogP contribution is -2.37. The third kappa shape index (κ3) is 2.46. The number of carbonyl (C=O) groups is 3. The van der Waals surface area contributed by atoms with E-state index in [2.05, 4.69) is 10.3 Å². The maximum absolute atomic E-state index is 12.3. The number of aryl methyl sites for hydroxylation is 1. The van der Waals surface area contributed by atoms with Gasteiger partial charge in [-0.05, 0) is 30.3 Å². The summed E-state index contributed by atoms with van der Waals surface area (Å²) in [7, 11) is 1.88. The zero-order valence-corrected chi connectivity index (χ0v) is 13.4. The first-order valence-electron chi connectivity index (χ1n) is 7.71. The van der Waals surface area contributed by atoms with Crippen LogP contribution in [0, 0.1) is 0 Å². The number of hydrogen-bond acceptors (Lipinski definition) is 4. The van der Waals surface area contributed by atoms with Crippen LogP contribution in [-0.2, 0) is 11.8 Å². The van der Waals surface area contributed by atoms with E-state index < -0.39 is 17.7 Å². The van der Waals surface area contributed by atoms with E-state index in [1.165, 1.54) is 0 Å². The molecular formula is C18H14N4O3. The maximum atomic E-state index is 12.3. The van der Waals surface area contributed by atoms with Crippen LogP contribution in [0.15, 0.2) is 48.8 Å². The number of aromatic nitrogens is 2. The second-order valence-electron chi connectivity index (χ2n) is 5.85. The number of amides is 3. The van der Waals surface area contributed by atoms with E-state index in [1.807, 2.05) is 17.7 Å². The largest absolute Gasteiger partial charge is 0.334 e. The lowest BCUT2D eigenvalue weighted by Gasteiger charge is -2.13. The summed E-state index contributed by atoms with van der Waals surface area (Å²) in [5.74, 6) is -1.34. The van der Waals surface area contributed by atoms with Gasteiger partial charge >= 0.3 is 0 Å². The Morgan fingerprint density at radius 2 is 1.76 bits per heavy atom. The van der Waals surface area contributed by atoms with Crippen LogP contribution >= 0.6 is 0 Å². The first-order valence-corrected chi connectivity index (χ1v) is 7.71. The van der Waals surface area contributed by atoms with Gasteiger partial charge in [-0.2, -0.15) is 0 Å². The fraction of sp³-hybridized carbons (Fsp3) is 0.111. The highest BCUT2D eigenvalue weighted by atomic mass is 16.2. The van der Waals surface area contributed by atoms with Crippen LogP contribution in [0.3, 0.4) is 0 Å². The van der Waals surface area contributed by atoms with Gasteiger partial charge in [-0.15, -0.1) is 0 Å². The fourth-order valence-electron chi connectivity index (χ4n) is 2.94. The first kappa shape index (κ1) is 15.1. The standard InChI is InChI=1S/C18H14N4O3/c1-21-10-19-14-8-11(6-7-15(14)21)20-16(23)9-22-17(24)12-4-2-3-5-13(12)18(22)25/h2-8,10H,9H2,1H3,(H,20,23). The van der Waals surface area contributed by atoms with Crippen LogP contribution in [0.2, 0.25) is 0 Å². The monoisotopic (exact) mass is 334 g/mol. The molecule has 0 fully saturated rings. The van der Waals surface area contributed by atoms with Gasteiger partial charge in [-0.3, -0.25) is 19.3 Å². The van der Waals surface area contributed by atoms with Crippen molar-refractivity contribution in [1.29, 1.82) is 0 Å². The van der Waals surface area contributed by atoms with Crippen molar-refractivity contribution in [2.24, 2.45) is 7.05 Å². The Bertz CT molecular complexity index is 1000. The summed E-state index contributed by atoms with van der Waals surface area (Å²) >= 11 is 0. The zero-order chi connectivity index (χ0) is 17.6. The topological polar surface area (TPSA) is 84.3 Å². The van der Waals surface area contributed by atoms with Gasteiger partial charge in [0.15, 0.2) is 0 Å². The van der Waals surface area contributed by atoms with Gasteiger partial charge in [0.05, 0.1) is 28.5 Å². The van der Waals surface area contributed by atoms with Gasteiger partial charge in [-0.25, -0.2) is 4.98 Å². The Morgan fingerprint density at radius 3 is 2.44 bits per heavy atom. The molecule has 7 heteroatoms. The summed E-state index contributed by atoms with van der Waals surface area (Å²) in [5, 5.41) is 2.70. The summed E-state index contributed by atoms with van der Waals surface area (Å²) in [6.45, 7) is -0.327. The normalized spacial score (nSPS) is 13.4. The van der Waals surface area contributed by atoms with Gasteiger partial charge in [-0.1, -0.05) is 12.1 Å². The molecule has 1 aromatic heterocycles. The van der Waals surface area contributed by atoms with Crippen LogP contribution < -0.4 is 5.32 Å².